The number of ether oxygens (including phenoxy) is 1. The fourth-order valence-corrected chi connectivity index (χ4v) is 4.95. The molecule has 3 unspecified atom stereocenters. The van der Waals surface area contributed by atoms with E-state index in [2.05, 4.69) is 7.05 Å². The minimum atomic E-state index is -1.58. The molecule has 1 N–H and O–H groups in total. The fraction of sp³-hybridized carbons (Fsp3) is 0.652. The number of rotatable bonds is 8. The van der Waals surface area contributed by atoms with E-state index in [-0.39, 0.29) is 34.8 Å². The van der Waals surface area contributed by atoms with Crippen LogP contribution < -0.4 is 17.0 Å². The number of halogens is 1. The third-order valence-electron chi connectivity index (χ3n) is 6.47. The van der Waals surface area contributed by atoms with Crippen molar-refractivity contribution < 1.29 is 40.9 Å². The van der Waals surface area contributed by atoms with Crippen molar-refractivity contribution in [3.63, 3.8) is 0 Å². The van der Waals surface area contributed by atoms with Gasteiger partial charge in [-0.1, -0.05) is 50.1 Å². The number of benzene rings is 1. The van der Waals surface area contributed by atoms with Gasteiger partial charge in [0.1, 0.15) is 13.1 Å². The van der Waals surface area contributed by atoms with Crippen LogP contribution >= 0.6 is 0 Å². The number of carbonyl (C=O) groups is 2. The van der Waals surface area contributed by atoms with Gasteiger partial charge in [-0.3, -0.25) is 4.79 Å². The van der Waals surface area contributed by atoms with Crippen molar-refractivity contribution in [1.82, 2.24) is 0 Å². The average Bonchev–Trinajstić information content (AvgIpc) is 3.32. The van der Waals surface area contributed by atoms with Crippen LogP contribution in [0.5, 0.6) is 0 Å². The summed E-state index contributed by atoms with van der Waals surface area (Å²) in [5.41, 5.74) is -0.956. The summed E-state index contributed by atoms with van der Waals surface area (Å²) < 4.78 is 6.48. The summed E-state index contributed by atoms with van der Waals surface area (Å²) in [6.07, 6.45) is 5.70. The highest BCUT2D eigenvalue weighted by molar-refractivity contribution is 5.82. The van der Waals surface area contributed by atoms with Gasteiger partial charge in [0.2, 0.25) is 0 Å². The minimum Gasteiger partial charge on any atom is -1.00 e. The summed E-state index contributed by atoms with van der Waals surface area (Å²) in [6, 6.07) is 9.23. The van der Waals surface area contributed by atoms with Crippen LogP contribution in [0, 0.1) is 5.92 Å². The van der Waals surface area contributed by atoms with E-state index in [0.29, 0.717) is 29.6 Å². The number of Topliss-reactive ketones (excluding diaryl/α,β-unsaturated/α-hetero) is 1. The number of aliphatic hydroxyl groups is 1. The predicted octanol–water partition coefficient (Wildman–Crippen LogP) is 0.200. The Bertz CT molecular complexity index is 691. The second-order valence-electron chi connectivity index (χ2n) is 8.90. The molecule has 2 fully saturated rings. The highest BCUT2D eigenvalue weighted by atomic mass is 79.9. The molecular formula is C23H34BrNO4. The van der Waals surface area contributed by atoms with E-state index in [9.17, 15) is 14.7 Å². The van der Waals surface area contributed by atoms with Gasteiger partial charge in [-0.2, -0.15) is 0 Å². The highest BCUT2D eigenvalue weighted by Gasteiger charge is 2.49. The van der Waals surface area contributed by atoms with E-state index in [1.165, 1.54) is 0 Å². The zero-order valence-corrected chi connectivity index (χ0v) is 19.2. The molecule has 0 spiro atoms. The number of nitrogens with zero attached hydrogens (tertiary/aromatic N) is 1. The zero-order chi connectivity index (χ0) is 20.2. The number of likely N-dealkylation sites (tertiary alicyclic amines) is 1. The first-order valence-corrected chi connectivity index (χ1v) is 10.7. The summed E-state index contributed by atoms with van der Waals surface area (Å²) in [6.45, 7) is 3.96. The lowest BCUT2D eigenvalue weighted by Crippen LogP contribution is -3.00. The lowest BCUT2D eigenvalue weighted by atomic mass is 9.80. The standard InChI is InChI=1S/C23H34NO4.BrH/c1-3-9-20(25)16-24(2)15-14-21(17-24)28-22(26)23(27,19-12-7-8-13-19)18-10-5-4-6-11-18;/h4-6,10-11,19,21,27H,3,7-9,12-17H2,1-2H3;1H/q+1;/p-1. The molecule has 1 aliphatic carbocycles. The molecule has 1 aromatic rings. The third kappa shape index (κ3) is 5.47. The van der Waals surface area contributed by atoms with E-state index in [4.69, 9.17) is 4.74 Å². The summed E-state index contributed by atoms with van der Waals surface area (Å²) in [5.74, 6) is -0.358. The molecule has 1 saturated heterocycles. The fourth-order valence-electron chi connectivity index (χ4n) is 4.95. The SMILES string of the molecule is CCCC(=O)C[N+]1(C)CCC(OC(=O)C(O)(c2ccccc2)C2CCCC2)C1.[Br-]. The van der Waals surface area contributed by atoms with E-state index >= 15 is 0 Å². The van der Waals surface area contributed by atoms with Gasteiger partial charge in [0.05, 0.1) is 13.6 Å². The summed E-state index contributed by atoms with van der Waals surface area (Å²) >= 11 is 0. The predicted molar refractivity (Wildman–Crippen MR) is 107 cm³/mol. The van der Waals surface area contributed by atoms with Crippen molar-refractivity contribution in [1.29, 1.82) is 0 Å². The maximum atomic E-state index is 13.2. The van der Waals surface area contributed by atoms with Crippen LogP contribution in [0.15, 0.2) is 30.3 Å². The second-order valence-corrected chi connectivity index (χ2v) is 8.90. The molecule has 162 valence electrons. The number of carbonyl (C=O) groups excluding carboxylic acids is 2. The first-order valence-electron chi connectivity index (χ1n) is 10.7. The molecule has 0 amide bonds. The summed E-state index contributed by atoms with van der Waals surface area (Å²) in [4.78, 5) is 25.3. The van der Waals surface area contributed by atoms with Gasteiger partial charge < -0.3 is 31.3 Å². The van der Waals surface area contributed by atoms with Crippen LogP contribution in [0.3, 0.4) is 0 Å². The maximum Gasteiger partial charge on any atom is 0.343 e. The molecule has 0 aromatic heterocycles. The second kappa shape index (κ2) is 10.2. The molecule has 5 nitrogen and oxygen atoms in total. The Hall–Kier alpha value is -1.24. The Kier molecular flexibility index (Phi) is 8.44. The van der Waals surface area contributed by atoms with Crippen LogP contribution in [0.25, 0.3) is 0 Å². The Labute approximate surface area is 184 Å². The third-order valence-corrected chi connectivity index (χ3v) is 6.47. The van der Waals surface area contributed by atoms with E-state index in [0.717, 1.165) is 45.1 Å². The number of esters is 1. The van der Waals surface area contributed by atoms with Gasteiger partial charge in [-0.15, -0.1) is 0 Å². The number of ketones is 1. The topological polar surface area (TPSA) is 63.6 Å². The van der Waals surface area contributed by atoms with Crippen molar-refractivity contribution in [2.75, 3.05) is 26.7 Å². The van der Waals surface area contributed by atoms with Crippen LogP contribution in [0.2, 0.25) is 0 Å². The first-order chi connectivity index (χ1) is 13.4. The molecule has 3 atom stereocenters. The van der Waals surface area contributed by atoms with E-state index in [1.807, 2.05) is 37.3 Å². The van der Waals surface area contributed by atoms with Crippen LogP contribution in [0.1, 0.15) is 57.4 Å². The number of hydrogen-bond donors (Lipinski definition) is 1. The lowest BCUT2D eigenvalue weighted by Gasteiger charge is -2.33. The Balaban J connectivity index is 0.00000300. The molecular weight excluding hydrogens is 434 g/mol. The van der Waals surface area contributed by atoms with Gasteiger partial charge in [0.15, 0.2) is 17.5 Å². The van der Waals surface area contributed by atoms with Crippen molar-refractivity contribution in [3.05, 3.63) is 35.9 Å². The molecule has 0 bridgehead atoms. The summed E-state index contributed by atoms with van der Waals surface area (Å²) in [5, 5.41) is 11.5. The lowest BCUT2D eigenvalue weighted by molar-refractivity contribution is -0.891. The molecule has 2 aliphatic rings. The minimum absolute atomic E-state index is 0. The van der Waals surface area contributed by atoms with Gasteiger partial charge in [-0.25, -0.2) is 4.79 Å². The van der Waals surface area contributed by atoms with Gasteiger partial charge in [0.25, 0.3) is 0 Å². The largest absolute Gasteiger partial charge is 1.00 e. The Morgan fingerprint density at radius 1 is 1.17 bits per heavy atom. The molecule has 6 heteroatoms. The number of hydrogen-bond acceptors (Lipinski definition) is 4. The van der Waals surface area contributed by atoms with E-state index in [1.54, 1.807) is 0 Å². The quantitative estimate of drug-likeness (QED) is 0.438. The van der Waals surface area contributed by atoms with Gasteiger partial charge in [0, 0.05) is 18.8 Å². The van der Waals surface area contributed by atoms with Gasteiger partial charge >= 0.3 is 5.97 Å². The molecule has 0 radical (unpaired) electrons. The maximum absolute atomic E-state index is 13.2. The normalized spacial score (nSPS) is 26.5. The van der Waals surface area contributed by atoms with Crippen molar-refractivity contribution in [3.8, 4) is 0 Å². The van der Waals surface area contributed by atoms with E-state index < -0.39 is 11.6 Å². The molecule has 1 heterocycles. The molecule has 3 rings (SSSR count). The Morgan fingerprint density at radius 2 is 1.83 bits per heavy atom. The zero-order valence-electron chi connectivity index (χ0n) is 17.6. The highest BCUT2D eigenvalue weighted by Crippen LogP contribution is 2.42. The monoisotopic (exact) mass is 467 g/mol. The molecule has 1 aliphatic heterocycles. The van der Waals surface area contributed by atoms with Gasteiger partial charge in [-0.05, 0) is 24.8 Å². The van der Waals surface area contributed by atoms with Crippen LogP contribution in [-0.4, -0.2) is 54.1 Å². The van der Waals surface area contributed by atoms with Crippen molar-refractivity contribution in [2.45, 2.75) is 63.6 Å². The number of likely N-dealkylation sites (N-methyl/N-ethyl adjacent to an activating group) is 1. The average molecular weight is 468 g/mol. The van der Waals surface area contributed by atoms with Crippen LogP contribution in [-0.2, 0) is 19.9 Å². The molecule has 1 aromatic carbocycles. The van der Waals surface area contributed by atoms with Crippen molar-refractivity contribution >= 4 is 11.8 Å². The number of quaternary nitrogens is 1. The first kappa shape index (κ1) is 24.0. The smallest absolute Gasteiger partial charge is 0.343 e. The Morgan fingerprint density at radius 3 is 2.45 bits per heavy atom. The van der Waals surface area contributed by atoms with Crippen molar-refractivity contribution in [2.24, 2.45) is 5.92 Å². The summed E-state index contributed by atoms with van der Waals surface area (Å²) in [7, 11) is 2.06. The molecule has 29 heavy (non-hydrogen) atoms. The molecule has 1 saturated carbocycles. The van der Waals surface area contributed by atoms with Crippen LogP contribution in [0.4, 0.5) is 0 Å².